The van der Waals surface area contributed by atoms with E-state index in [0.29, 0.717) is 23.6 Å². The van der Waals surface area contributed by atoms with E-state index in [1.54, 1.807) is 0 Å². The number of anilines is 1. The van der Waals surface area contributed by atoms with Crippen molar-refractivity contribution in [2.24, 2.45) is 17.3 Å². The number of rotatable bonds is 2. The predicted octanol–water partition coefficient (Wildman–Crippen LogP) is 6.04. The summed E-state index contributed by atoms with van der Waals surface area (Å²) >= 11 is 0. The van der Waals surface area contributed by atoms with Gasteiger partial charge in [0, 0.05) is 47.3 Å². The summed E-state index contributed by atoms with van der Waals surface area (Å²) in [5.41, 5.74) is 5.20. The van der Waals surface area contributed by atoms with Crippen LogP contribution in [0.25, 0.3) is 0 Å². The lowest BCUT2D eigenvalue weighted by molar-refractivity contribution is -0.0327. The lowest BCUT2D eigenvalue weighted by Gasteiger charge is -2.67. The zero-order chi connectivity index (χ0) is 24.1. The molecule has 37 heavy (non-hydrogen) atoms. The number of likely N-dealkylation sites (tertiary alicyclic amines) is 1. The Balaban J connectivity index is 0.00000231. The maximum Gasteiger partial charge on any atom is 0.254 e. The Kier molecular flexibility index (Phi) is 4.87. The summed E-state index contributed by atoms with van der Waals surface area (Å²) in [6, 6.07) is 27.8. The van der Waals surface area contributed by atoms with E-state index >= 15 is 0 Å². The normalized spacial score (nSPS) is 34.4. The average molecular weight is 493 g/mol. The van der Waals surface area contributed by atoms with Crippen LogP contribution in [-0.4, -0.2) is 41.1 Å². The highest BCUT2D eigenvalue weighted by atomic mass is 16.3. The fourth-order valence-electron chi connectivity index (χ4n) is 9.91. The van der Waals surface area contributed by atoms with Crippen LogP contribution in [0.1, 0.15) is 54.6 Å². The topological polar surface area (TPSA) is 43.8 Å². The molecule has 5 unspecified atom stereocenters. The SMILES string of the molecule is C.O=C(c1ccccc1)N1C[C@H]2CC34CCC1C2C31CCN(c2ccccc2)C4Cc2ccc(O)cc21. The van der Waals surface area contributed by atoms with Crippen LogP contribution in [0.3, 0.4) is 0 Å². The monoisotopic (exact) mass is 492 g/mol. The van der Waals surface area contributed by atoms with E-state index in [9.17, 15) is 9.90 Å². The molecule has 1 N–H and O–H groups in total. The van der Waals surface area contributed by atoms with Crippen molar-refractivity contribution in [1.82, 2.24) is 4.90 Å². The molecule has 1 amide bonds. The van der Waals surface area contributed by atoms with Crippen molar-refractivity contribution in [2.75, 3.05) is 18.0 Å². The second-order valence-corrected chi connectivity index (χ2v) is 11.9. The first-order valence-corrected chi connectivity index (χ1v) is 13.6. The second kappa shape index (κ2) is 7.86. The van der Waals surface area contributed by atoms with Gasteiger partial charge in [-0.25, -0.2) is 0 Å². The molecule has 3 aromatic rings. The summed E-state index contributed by atoms with van der Waals surface area (Å²) in [7, 11) is 0. The summed E-state index contributed by atoms with van der Waals surface area (Å²) in [6.07, 6.45) is 5.58. The van der Waals surface area contributed by atoms with Gasteiger partial charge in [-0.05, 0) is 91.5 Å². The van der Waals surface area contributed by atoms with Gasteiger partial charge in [0.15, 0.2) is 0 Å². The zero-order valence-electron chi connectivity index (χ0n) is 20.5. The third kappa shape index (κ3) is 2.76. The molecular formula is C33H36N2O2. The lowest BCUT2D eigenvalue weighted by atomic mass is 9.43. The van der Waals surface area contributed by atoms with Gasteiger partial charge >= 0.3 is 0 Å². The van der Waals surface area contributed by atoms with Crippen LogP contribution in [0.2, 0.25) is 0 Å². The van der Waals surface area contributed by atoms with E-state index < -0.39 is 0 Å². The highest BCUT2D eigenvalue weighted by molar-refractivity contribution is 5.94. The molecule has 4 heteroatoms. The van der Waals surface area contributed by atoms with E-state index in [4.69, 9.17) is 0 Å². The Morgan fingerprint density at radius 1 is 0.946 bits per heavy atom. The fraction of sp³-hybridized carbons (Fsp3) is 0.424. The number of para-hydroxylation sites is 1. The van der Waals surface area contributed by atoms with E-state index in [1.165, 1.54) is 23.2 Å². The van der Waals surface area contributed by atoms with Crippen LogP contribution in [0.15, 0.2) is 78.9 Å². The quantitative estimate of drug-likeness (QED) is 0.474. The number of carbonyl (C=O) groups excluding carboxylic acids is 1. The molecule has 4 nitrogen and oxygen atoms in total. The summed E-state index contributed by atoms with van der Waals surface area (Å²) in [5, 5.41) is 10.7. The van der Waals surface area contributed by atoms with E-state index in [2.05, 4.69) is 52.3 Å². The molecule has 5 aliphatic rings. The third-order valence-corrected chi connectivity index (χ3v) is 10.8. The number of nitrogens with zero attached hydrogens (tertiary/aromatic N) is 2. The molecule has 0 radical (unpaired) electrons. The van der Waals surface area contributed by atoms with E-state index in [-0.39, 0.29) is 30.2 Å². The smallest absolute Gasteiger partial charge is 0.254 e. The molecule has 2 aliphatic heterocycles. The van der Waals surface area contributed by atoms with Crippen molar-refractivity contribution in [3.05, 3.63) is 95.6 Å². The van der Waals surface area contributed by atoms with Crippen LogP contribution in [0.5, 0.6) is 5.75 Å². The van der Waals surface area contributed by atoms with Crippen molar-refractivity contribution >= 4 is 11.6 Å². The molecule has 2 saturated carbocycles. The van der Waals surface area contributed by atoms with Gasteiger partial charge in [0.1, 0.15) is 5.75 Å². The summed E-state index contributed by atoms with van der Waals surface area (Å²) in [4.78, 5) is 18.7. The summed E-state index contributed by atoms with van der Waals surface area (Å²) in [5.74, 6) is 1.58. The largest absolute Gasteiger partial charge is 0.508 e. The van der Waals surface area contributed by atoms with Crippen LogP contribution in [-0.2, 0) is 11.8 Å². The van der Waals surface area contributed by atoms with Gasteiger partial charge in [-0.2, -0.15) is 0 Å². The molecule has 2 saturated heterocycles. The molecule has 3 aromatic carbocycles. The van der Waals surface area contributed by atoms with E-state index in [0.717, 1.165) is 44.3 Å². The van der Waals surface area contributed by atoms with Crippen molar-refractivity contribution in [3.63, 3.8) is 0 Å². The van der Waals surface area contributed by atoms with Crippen molar-refractivity contribution < 1.29 is 9.90 Å². The number of amides is 1. The first kappa shape index (κ1) is 22.9. The fourth-order valence-corrected chi connectivity index (χ4v) is 9.91. The number of piperidine rings is 1. The lowest BCUT2D eigenvalue weighted by Crippen LogP contribution is -2.70. The Bertz CT molecular complexity index is 1360. The number of benzene rings is 3. The van der Waals surface area contributed by atoms with Gasteiger partial charge in [-0.15, -0.1) is 0 Å². The molecule has 8 rings (SSSR count). The average Bonchev–Trinajstić information content (AvgIpc) is 3.36. The Hall–Kier alpha value is -3.27. The van der Waals surface area contributed by atoms with Crippen LogP contribution >= 0.6 is 0 Å². The van der Waals surface area contributed by atoms with Gasteiger partial charge in [-0.1, -0.05) is 49.9 Å². The minimum atomic E-state index is 0. The maximum absolute atomic E-state index is 13.7. The van der Waals surface area contributed by atoms with Gasteiger partial charge in [0.2, 0.25) is 0 Å². The predicted molar refractivity (Wildman–Crippen MR) is 147 cm³/mol. The minimum absolute atomic E-state index is 0. The molecule has 6 atom stereocenters. The van der Waals surface area contributed by atoms with Gasteiger partial charge in [0.05, 0.1) is 0 Å². The van der Waals surface area contributed by atoms with Crippen LogP contribution in [0, 0.1) is 17.3 Å². The molecule has 0 spiro atoms. The van der Waals surface area contributed by atoms with Gasteiger partial charge < -0.3 is 14.9 Å². The second-order valence-electron chi connectivity index (χ2n) is 11.9. The van der Waals surface area contributed by atoms with Crippen molar-refractivity contribution in [3.8, 4) is 5.75 Å². The molecule has 2 heterocycles. The zero-order valence-corrected chi connectivity index (χ0v) is 20.5. The molecule has 4 bridgehead atoms. The van der Waals surface area contributed by atoms with Crippen molar-refractivity contribution in [2.45, 2.75) is 57.0 Å². The third-order valence-electron chi connectivity index (χ3n) is 10.8. The molecule has 4 fully saturated rings. The first-order valence-electron chi connectivity index (χ1n) is 13.6. The number of fused-ring (bicyclic) bond motifs is 1. The Morgan fingerprint density at radius 2 is 1.70 bits per heavy atom. The number of hydrogen-bond donors (Lipinski definition) is 1. The Labute approximate surface area is 219 Å². The number of hydrogen-bond acceptors (Lipinski definition) is 3. The minimum Gasteiger partial charge on any atom is -0.508 e. The van der Waals surface area contributed by atoms with E-state index in [1.807, 2.05) is 36.4 Å². The van der Waals surface area contributed by atoms with Crippen LogP contribution in [0.4, 0.5) is 5.69 Å². The maximum atomic E-state index is 13.7. The summed E-state index contributed by atoms with van der Waals surface area (Å²) in [6.45, 7) is 1.91. The number of phenols is 1. The van der Waals surface area contributed by atoms with Gasteiger partial charge in [0.25, 0.3) is 5.91 Å². The highest BCUT2D eigenvalue weighted by Crippen LogP contribution is 2.75. The first-order chi connectivity index (χ1) is 17.6. The molecule has 3 aliphatic carbocycles. The summed E-state index contributed by atoms with van der Waals surface area (Å²) < 4.78 is 0. The van der Waals surface area contributed by atoms with Crippen molar-refractivity contribution in [1.29, 1.82) is 0 Å². The highest BCUT2D eigenvalue weighted by Gasteiger charge is 2.76. The molecular weight excluding hydrogens is 456 g/mol. The standard InChI is InChI=1S/C32H32N2O2.CH4/c35-25-12-11-22-17-28-31-14-13-27-29(23(19-31)20-34(27)30(36)21-7-3-1-4-8-21)32(31,26(22)18-25)15-16-33(28)24-9-5-2-6-10-24;/h1-12,18,23,27-29,35H,13-17,19-20H2;1H4/t23-,27?,28?,29?,31?,32?;/m1./s1. The van der Waals surface area contributed by atoms with Crippen LogP contribution < -0.4 is 4.90 Å². The molecule has 0 aromatic heterocycles. The molecule has 190 valence electrons. The number of phenolic OH excluding ortho intramolecular Hbond substituents is 1. The number of aromatic hydroxyl groups is 1. The Morgan fingerprint density at radius 3 is 2.49 bits per heavy atom. The number of carbonyl (C=O) groups is 1. The van der Waals surface area contributed by atoms with Gasteiger partial charge in [-0.3, -0.25) is 4.79 Å².